The molecule has 6 nitrogen and oxygen atoms in total. The average molecular weight is 274 g/mol. The van der Waals surface area contributed by atoms with Gasteiger partial charge in [0.25, 0.3) is 0 Å². The summed E-state index contributed by atoms with van der Waals surface area (Å²) in [6, 6.07) is 7.01. The van der Waals surface area contributed by atoms with E-state index < -0.39 is 0 Å². The van der Waals surface area contributed by atoms with Crippen LogP contribution in [-0.4, -0.2) is 15.0 Å². The van der Waals surface area contributed by atoms with Crippen molar-refractivity contribution in [3.05, 3.63) is 47.1 Å². The Labute approximate surface area is 116 Å². The van der Waals surface area contributed by atoms with Crippen molar-refractivity contribution in [3.63, 3.8) is 0 Å². The van der Waals surface area contributed by atoms with Crippen molar-refractivity contribution in [2.75, 3.05) is 11.1 Å². The van der Waals surface area contributed by atoms with E-state index in [4.69, 9.17) is 5.73 Å². The first-order valence-electron chi connectivity index (χ1n) is 6.51. The molecule has 2 aromatic rings. The normalized spacial score (nSPS) is 10.4. The number of hydrogen-bond donors (Lipinski definition) is 2. The van der Waals surface area contributed by atoms with Crippen molar-refractivity contribution in [1.29, 1.82) is 0 Å². The molecule has 1 aromatic heterocycles. The number of nitrogens with two attached hydrogens (primary N) is 1. The van der Waals surface area contributed by atoms with Crippen LogP contribution in [0, 0.1) is 0 Å². The molecule has 0 aliphatic carbocycles. The van der Waals surface area contributed by atoms with E-state index in [1.54, 1.807) is 41.2 Å². The zero-order valence-electron chi connectivity index (χ0n) is 11.4. The largest absolute Gasteiger partial charge is 0.397 e. The number of nitrogens with zero attached hydrogens (tertiary/aromatic N) is 2. The number of aromatic nitrogens is 2. The molecule has 3 N–H and O–H groups in total. The highest BCUT2D eigenvalue weighted by Gasteiger charge is 2.09. The molecule has 106 valence electrons. The zero-order chi connectivity index (χ0) is 14.5. The lowest BCUT2D eigenvalue weighted by Crippen LogP contribution is -2.29. The Morgan fingerprint density at radius 3 is 2.65 bits per heavy atom. The molecule has 1 heterocycles. The van der Waals surface area contributed by atoms with Gasteiger partial charge in [0.1, 0.15) is 6.54 Å². The van der Waals surface area contributed by atoms with Gasteiger partial charge in [-0.1, -0.05) is 19.1 Å². The van der Waals surface area contributed by atoms with Gasteiger partial charge in [0, 0.05) is 18.9 Å². The Morgan fingerprint density at radius 1 is 1.25 bits per heavy atom. The third-order valence-electron chi connectivity index (χ3n) is 2.93. The quantitative estimate of drug-likeness (QED) is 0.806. The number of carbonyl (C=O) groups excluding carboxylic acids is 1. The van der Waals surface area contributed by atoms with E-state index in [0.717, 1.165) is 6.42 Å². The van der Waals surface area contributed by atoms with E-state index >= 15 is 0 Å². The Balaban J connectivity index is 2.05. The lowest BCUT2D eigenvalue weighted by Gasteiger charge is -2.07. The lowest BCUT2D eigenvalue weighted by atomic mass is 10.2. The molecule has 0 aliphatic heterocycles. The third kappa shape index (κ3) is 3.09. The molecule has 0 radical (unpaired) electrons. The molecule has 20 heavy (non-hydrogen) atoms. The van der Waals surface area contributed by atoms with Gasteiger partial charge >= 0.3 is 5.69 Å². The highest BCUT2D eigenvalue weighted by molar-refractivity contribution is 5.93. The number of rotatable bonds is 5. The van der Waals surface area contributed by atoms with Crippen molar-refractivity contribution >= 4 is 17.3 Å². The maximum atomic E-state index is 11.9. The fourth-order valence-corrected chi connectivity index (χ4v) is 1.94. The Kier molecular flexibility index (Phi) is 4.24. The van der Waals surface area contributed by atoms with Gasteiger partial charge in [0.15, 0.2) is 0 Å². The van der Waals surface area contributed by atoms with Crippen LogP contribution in [0.5, 0.6) is 0 Å². The maximum absolute atomic E-state index is 11.9. The van der Waals surface area contributed by atoms with Crippen molar-refractivity contribution in [2.24, 2.45) is 0 Å². The first-order chi connectivity index (χ1) is 9.61. The van der Waals surface area contributed by atoms with Gasteiger partial charge in [0.2, 0.25) is 5.91 Å². The predicted molar refractivity (Wildman–Crippen MR) is 78.5 cm³/mol. The molecule has 1 aromatic carbocycles. The number of nitrogen functional groups attached to an aromatic ring is 1. The van der Waals surface area contributed by atoms with E-state index in [-0.39, 0.29) is 18.1 Å². The van der Waals surface area contributed by atoms with Gasteiger partial charge in [-0.25, -0.2) is 4.79 Å². The molecule has 0 atom stereocenters. The number of anilines is 2. The number of amides is 1. The molecule has 0 bridgehead atoms. The molecule has 0 spiro atoms. The van der Waals surface area contributed by atoms with Crippen molar-refractivity contribution < 1.29 is 4.79 Å². The second-order valence-electron chi connectivity index (χ2n) is 4.54. The first-order valence-corrected chi connectivity index (χ1v) is 6.51. The Morgan fingerprint density at radius 2 is 1.95 bits per heavy atom. The van der Waals surface area contributed by atoms with Gasteiger partial charge in [-0.3, -0.25) is 13.9 Å². The lowest BCUT2D eigenvalue weighted by molar-refractivity contribution is -0.116. The summed E-state index contributed by atoms with van der Waals surface area (Å²) in [5.74, 6) is -0.278. The smallest absolute Gasteiger partial charge is 0.328 e. The topological polar surface area (TPSA) is 82.1 Å². The van der Waals surface area contributed by atoms with Crippen LogP contribution < -0.4 is 16.7 Å². The summed E-state index contributed by atoms with van der Waals surface area (Å²) >= 11 is 0. The van der Waals surface area contributed by atoms with Crippen LogP contribution in [-0.2, 0) is 17.9 Å². The van der Waals surface area contributed by atoms with E-state index in [1.165, 1.54) is 4.57 Å². The van der Waals surface area contributed by atoms with Crippen LogP contribution in [0.3, 0.4) is 0 Å². The number of nitrogens with one attached hydrogen (secondary N) is 1. The number of hydrogen-bond acceptors (Lipinski definition) is 3. The minimum atomic E-state index is -0.278. The van der Waals surface area contributed by atoms with Gasteiger partial charge < -0.3 is 11.1 Å². The van der Waals surface area contributed by atoms with Crippen molar-refractivity contribution in [1.82, 2.24) is 9.13 Å². The fraction of sp³-hybridized carbons (Fsp3) is 0.286. The van der Waals surface area contributed by atoms with Crippen LogP contribution in [0.15, 0.2) is 41.5 Å². The molecule has 6 heteroatoms. The van der Waals surface area contributed by atoms with E-state index in [2.05, 4.69) is 5.32 Å². The van der Waals surface area contributed by atoms with Crippen LogP contribution in [0.2, 0.25) is 0 Å². The molecule has 0 saturated heterocycles. The minimum Gasteiger partial charge on any atom is -0.397 e. The molecular formula is C14H18N4O2. The number of carbonyl (C=O) groups is 1. The minimum absolute atomic E-state index is 0.0239. The molecule has 0 fully saturated rings. The highest BCUT2D eigenvalue weighted by atomic mass is 16.2. The summed E-state index contributed by atoms with van der Waals surface area (Å²) in [6.07, 6.45) is 4.18. The molecule has 0 aliphatic rings. The first kappa shape index (κ1) is 13.9. The van der Waals surface area contributed by atoms with Gasteiger partial charge in [-0.15, -0.1) is 0 Å². The molecule has 0 unspecified atom stereocenters. The second kappa shape index (κ2) is 6.10. The Bertz CT molecular complexity index is 657. The summed E-state index contributed by atoms with van der Waals surface area (Å²) in [7, 11) is 0. The third-order valence-corrected chi connectivity index (χ3v) is 2.93. The van der Waals surface area contributed by atoms with Gasteiger partial charge in [-0.2, -0.15) is 0 Å². The number of aryl methyl sites for hydroxylation is 1. The highest BCUT2D eigenvalue weighted by Crippen LogP contribution is 2.16. The monoisotopic (exact) mass is 274 g/mol. The number of benzene rings is 1. The van der Waals surface area contributed by atoms with Crippen LogP contribution >= 0.6 is 0 Å². The van der Waals surface area contributed by atoms with E-state index in [1.807, 2.05) is 6.92 Å². The average Bonchev–Trinajstić information content (AvgIpc) is 2.75. The number of imidazole rings is 1. The predicted octanol–water partition coefficient (Wildman–Crippen LogP) is 1.28. The SMILES string of the molecule is CCCn1ccn(CC(=O)Nc2ccccc2N)c1=O. The Hall–Kier alpha value is -2.50. The molecule has 2 rings (SSSR count). The summed E-state index contributed by atoms with van der Waals surface area (Å²) in [5.41, 5.74) is 6.62. The van der Waals surface area contributed by atoms with Crippen LogP contribution in [0.4, 0.5) is 11.4 Å². The van der Waals surface area contributed by atoms with Gasteiger partial charge in [0.05, 0.1) is 11.4 Å². The van der Waals surface area contributed by atoms with Crippen molar-refractivity contribution in [2.45, 2.75) is 26.4 Å². The van der Waals surface area contributed by atoms with E-state index in [0.29, 0.717) is 17.9 Å². The summed E-state index contributed by atoms with van der Waals surface area (Å²) in [4.78, 5) is 23.9. The van der Waals surface area contributed by atoms with Gasteiger partial charge in [-0.05, 0) is 18.6 Å². The second-order valence-corrected chi connectivity index (χ2v) is 4.54. The standard InChI is InChI=1S/C14H18N4O2/c1-2-7-17-8-9-18(14(17)20)10-13(19)16-12-6-4-3-5-11(12)15/h3-6,8-9H,2,7,10,15H2,1H3,(H,16,19). The molecular weight excluding hydrogens is 256 g/mol. The fourth-order valence-electron chi connectivity index (χ4n) is 1.94. The maximum Gasteiger partial charge on any atom is 0.328 e. The molecule has 1 amide bonds. The van der Waals surface area contributed by atoms with Crippen LogP contribution in [0.1, 0.15) is 13.3 Å². The van der Waals surface area contributed by atoms with E-state index in [9.17, 15) is 9.59 Å². The van der Waals surface area contributed by atoms with Crippen molar-refractivity contribution in [3.8, 4) is 0 Å². The zero-order valence-corrected chi connectivity index (χ0v) is 11.4. The summed E-state index contributed by atoms with van der Waals surface area (Å²) < 4.78 is 2.97. The summed E-state index contributed by atoms with van der Waals surface area (Å²) in [6.45, 7) is 2.62. The molecule has 0 saturated carbocycles. The van der Waals surface area contributed by atoms with Crippen LogP contribution in [0.25, 0.3) is 0 Å². The summed E-state index contributed by atoms with van der Waals surface area (Å²) in [5, 5.41) is 2.69. The number of para-hydroxylation sites is 2.